The lowest BCUT2D eigenvalue weighted by Gasteiger charge is -2.34. The molecule has 7 nitrogen and oxygen atoms in total. The van der Waals surface area contributed by atoms with Gasteiger partial charge in [-0.2, -0.15) is 5.53 Å². The van der Waals surface area contributed by atoms with Gasteiger partial charge in [0.25, 0.3) is 0 Å². The molecule has 23 heavy (non-hydrogen) atoms. The first-order chi connectivity index (χ1) is 11.0. The molecule has 3 heterocycles. The fourth-order valence-electron chi connectivity index (χ4n) is 3.22. The molecule has 0 amide bonds. The SMILES string of the molecule is CCCC1=NC2=C3N=NNN3C(C)=C(C)C2N1CCCC(=O)Cl. The van der Waals surface area contributed by atoms with Gasteiger partial charge in [-0.05, 0) is 43.9 Å². The number of nitrogens with zero attached hydrogens (tertiary/aromatic N) is 5. The molecular formula is C15H21ClN6O. The molecule has 124 valence electrons. The van der Waals surface area contributed by atoms with Crippen molar-refractivity contribution >= 4 is 22.7 Å². The molecule has 8 heteroatoms. The van der Waals surface area contributed by atoms with Crippen molar-refractivity contribution in [2.45, 2.75) is 52.5 Å². The van der Waals surface area contributed by atoms with Crippen molar-refractivity contribution in [3.63, 3.8) is 0 Å². The Bertz CT molecular complexity index is 650. The maximum absolute atomic E-state index is 11.0. The zero-order chi connectivity index (χ0) is 16.6. The summed E-state index contributed by atoms with van der Waals surface area (Å²) < 4.78 is 0. The second-order valence-electron chi connectivity index (χ2n) is 5.95. The highest BCUT2D eigenvalue weighted by Crippen LogP contribution is 2.39. The fourth-order valence-corrected chi connectivity index (χ4v) is 3.36. The van der Waals surface area contributed by atoms with Crippen molar-refractivity contribution in [3.8, 4) is 0 Å². The summed E-state index contributed by atoms with van der Waals surface area (Å²) in [4.78, 5) is 18.2. The number of allylic oxidation sites excluding steroid dienone is 1. The Labute approximate surface area is 140 Å². The third kappa shape index (κ3) is 2.73. The summed E-state index contributed by atoms with van der Waals surface area (Å²) in [6, 6.07) is 0.0760. The van der Waals surface area contributed by atoms with Crippen molar-refractivity contribution in [2.24, 2.45) is 15.3 Å². The van der Waals surface area contributed by atoms with E-state index in [2.05, 4.69) is 34.6 Å². The quantitative estimate of drug-likeness (QED) is 0.756. The minimum Gasteiger partial charge on any atom is -0.347 e. The largest absolute Gasteiger partial charge is 0.347 e. The molecule has 0 aromatic heterocycles. The smallest absolute Gasteiger partial charge is 0.221 e. The van der Waals surface area contributed by atoms with Crippen LogP contribution in [-0.4, -0.2) is 33.6 Å². The topological polar surface area (TPSA) is 72.7 Å². The van der Waals surface area contributed by atoms with E-state index in [9.17, 15) is 4.79 Å². The van der Waals surface area contributed by atoms with Crippen molar-refractivity contribution < 1.29 is 4.79 Å². The molecule has 0 aromatic carbocycles. The summed E-state index contributed by atoms with van der Waals surface area (Å²) in [6.07, 6.45) is 3.02. The van der Waals surface area contributed by atoms with E-state index in [1.165, 1.54) is 5.57 Å². The van der Waals surface area contributed by atoms with Crippen LogP contribution in [0.15, 0.2) is 38.1 Å². The lowest BCUT2D eigenvalue weighted by atomic mass is 9.99. The molecule has 0 bridgehead atoms. The number of fused-ring (bicyclic) bond motifs is 2. The van der Waals surface area contributed by atoms with Crippen molar-refractivity contribution in [2.75, 3.05) is 6.54 Å². The Kier molecular flexibility index (Phi) is 4.39. The van der Waals surface area contributed by atoms with E-state index in [1.54, 1.807) is 0 Å². The number of aliphatic imine (C=N–C) groups is 1. The lowest BCUT2D eigenvalue weighted by Crippen LogP contribution is -2.42. The minimum absolute atomic E-state index is 0.0760. The van der Waals surface area contributed by atoms with Crippen molar-refractivity contribution in [1.29, 1.82) is 0 Å². The van der Waals surface area contributed by atoms with Crippen LogP contribution in [0.4, 0.5) is 0 Å². The molecule has 1 unspecified atom stereocenters. The Morgan fingerprint density at radius 3 is 2.87 bits per heavy atom. The number of hydrogen-bond acceptors (Lipinski definition) is 7. The van der Waals surface area contributed by atoms with Gasteiger partial charge in [-0.3, -0.25) is 4.79 Å². The van der Waals surface area contributed by atoms with Crippen LogP contribution in [0.3, 0.4) is 0 Å². The molecule has 0 aromatic rings. The first-order valence-electron chi connectivity index (χ1n) is 7.95. The molecular weight excluding hydrogens is 316 g/mol. The van der Waals surface area contributed by atoms with Crippen LogP contribution in [0.1, 0.15) is 46.5 Å². The third-order valence-corrected chi connectivity index (χ3v) is 4.63. The second-order valence-corrected chi connectivity index (χ2v) is 6.37. The molecule has 3 rings (SSSR count). The van der Waals surface area contributed by atoms with Crippen LogP contribution in [0, 0.1) is 0 Å². The Morgan fingerprint density at radius 1 is 1.39 bits per heavy atom. The van der Waals surface area contributed by atoms with Crippen LogP contribution in [0.2, 0.25) is 0 Å². The molecule has 3 aliphatic heterocycles. The van der Waals surface area contributed by atoms with Gasteiger partial charge in [-0.1, -0.05) is 12.1 Å². The van der Waals surface area contributed by atoms with E-state index in [1.807, 2.05) is 11.9 Å². The predicted molar refractivity (Wildman–Crippen MR) is 88.2 cm³/mol. The molecule has 0 saturated heterocycles. The van der Waals surface area contributed by atoms with Gasteiger partial charge < -0.3 is 4.90 Å². The number of carbonyl (C=O) groups is 1. The standard InChI is InChI=1S/C15H21ClN6O/c1-4-6-12-17-13-14(21(12)8-5-7-11(16)23)9(2)10(3)22-15(13)18-19-20-22/h14H,4-8H2,1-3H3,(H,18,20). The van der Waals surface area contributed by atoms with Crippen LogP contribution >= 0.6 is 11.6 Å². The molecule has 0 aliphatic carbocycles. The van der Waals surface area contributed by atoms with Crippen molar-refractivity contribution in [1.82, 2.24) is 15.4 Å². The summed E-state index contributed by atoms with van der Waals surface area (Å²) in [5.41, 5.74) is 6.14. The van der Waals surface area contributed by atoms with Crippen LogP contribution in [0.25, 0.3) is 0 Å². The van der Waals surface area contributed by atoms with E-state index in [0.717, 1.165) is 48.9 Å². The summed E-state index contributed by atoms with van der Waals surface area (Å²) in [5, 5.41) is 9.70. The maximum Gasteiger partial charge on any atom is 0.221 e. The Hall–Kier alpha value is -1.89. The minimum atomic E-state index is -0.288. The normalized spacial score (nSPS) is 22.4. The summed E-state index contributed by atoms with van der Waals surface area (Å²) >= 11 is 5.47. The number of hydrogen-bond donors (Lipinski definition) is 1. The number of halogens is 1. The highest BCUT2D eigenvalue weighted by Gasteiger charge is 2.41. The third-order valence-electron chi connectivity index (χ3n) is 4.44. The average molecular weight is 337 g/mol. The molecule has 0 radical (unpaired) electrons. The Morgan fingerprint density at radius 2 is 2.17 bits per heavy atom. The summed E-state index contributed by atoms with van der Waals surface area (Å²) in [7, 11) is 0. The highest BCUT2D eigenvalue weighted by molar-refractivity contribution is 6.63. The first kappa shape index (κ1) is 16.0. The lowest BCUT2D eigenvalue weighted by molar-refractivity contribution is -0.111. The monoisotopic (exact) mass is 336 g/mol. The van der Waals surface area contributed by atoms with E-state index in [0.29, 0.717) is 6.42 Å². The van der Waals surface area contributed by atoms with Gasteiger partial charge in [0.2, 0.25) is 11.1 Å². The number of amidine groups is 1. The number of carbonyl (C=O) groups excluding carboxylic acids is 1. The van der Waals surface area contributed by atoms with Gasteiger partial charge in [0.15, 0.2) is 0 Å². The molecule has 3 aliphatic rings. The predicted octanol–water partition coefficient (Wildman–Crippen LogP) is 3.08. The van der Waals surface area contributed by atoms with Crippen LogP contribution < -0.4 is 5.53 Å². The van der Waals surface area contributed by atoms with Gasteiger partial charge in [0.05, 0.1) is 6.04 Å². The molecule has 1 N–H and O–H groups in total. The van der Waals surface area contributed by atoms with E-state index < -0.39 is 0 Å². The second kappa shape index (κ2) is 6.31. The van der Waals surface area contributed by atoms with Gasteiger partial charge in [-0.15, -0.1) is 5.11 Å². The van der Waals surface area contributed by atoms with E-state index in [-0.39, 0.29) is 11.3 Å². The van der Waals surface area contributed by atoms with Gasteiger partial charge in [-0.25, -0.2) is 10.0 Å². The van der Waals surface area contributed by atoms with Gasteiger partial charge >= 0.3 is 0 Å². The first-order valence-corrected chi connectivity index (χ1v) is 8.33. The van der Waals surface area contributed by atoms with E-state index >= 15 is 0 Å². The Balaban J connectivity index is 1.92. The van der Waals surface area contributed by atoms with Gasteiger partial charge in [0.1, 0.15) is 11.5 Å². The van der Waals surface area contributed by atoms with Crippen LogP contribution in [-0.2, 0) is 4.79 Å². The van der Waals surface area contributed by atoms with Crippen molar-refractivity contribution in [3.05, 3.63) is 22.8 Å². The number of hydrazine groups is 1. The maximum atomic E-state index is 11.0. The van der Waals surface area contributed by atoms with Gasteiger partial charge in [0, 0.05) is 25.1 Å². The summed E-state index contributed by atoms with van der Waals surface area (Å²) in [5.74, 6) is 1.82. The average Bonchev–Trinajstić information content (AvgIpc) is 3.10. The molecule has 0 saturated carbocycles. The molecule has 1 atom stereocenters. The zero-order valence-corrected chi connectivity index (χ0v) is 14.4. The van der Waals surface area contributed by atoms with Crippen LogP contribution in [0.5, 0.6) is 0 Å². The zero-order valence-electron chi connectivity index (χ0n) is 13.6. The number of rotatable bonds is 6. The molecule has 0 spiro atoms. The number of nitrogens with one attached hydrogen (secondary N) is 1. The van der Waals surface area contributed by atoms with E-state index in [4.69, 9.17) is 16.6 Å². The fraction of sp³-hybridized carbons (Fsp3) is 0.600. The molecule has 0 fully saturated rings. The highest BCUT2D eigenvalue weighted by atomic mass is 35.5. The summed E-state index contributed by atoms with van der Waals surface area (Å²) in [6.45, 7) is 7.06.